The van der Waals surface area contributed by atoms with E-state index in [0.29, 0.717) is 0 Å². The van der Waals surface area contributed by atoms with Gasteiger partial charge in [-0.2, -0.15) is 0 Å². The average Bonchev–Trinajstić information content (AvgIpc) is 2.24. The molecule has 0 radical (unpaired) electrons. The lowest BCUT2D eigenvalue weighted by Gasteiger charge is -2.29. The van der Waals surface area contributed by atoms with Crippen LogP contribution in [0.5, 0.6) is 0 Å². The van der Waals surface area contributed by atoms with Crippen molar-refractivity contribution in [1.29, 1.82) is 0 Å². The Kier molecular flexibility index (Phi) is 4.59. The SMILES string of the molecule is C[Si](C)(C)C(N)c1cccc(C(N)[Si](C)(C)C)c1. The van der Waals surface area contributed by atoms with Gasteiger partial charge in [0.25, 0.3) is 0 Å². The quantitative estimate of drug-likeness (QED) is 0.830. The third-order valence-corrected chi connectivity index (χ3v) is 7.89. The maximum absolute atomic E-state index is 6.38. The van der Waals surface area contributed by atoms with Crippen molar-refractivity contribution in [3.05, 3.63) is 35.4 Å². The van der Waals surface area contributed by atoms with Gasteiger partial charge in [-0.25, -0.2) is 0 Å². The highest BCUT2D eigenvalue weighted by Crippen LogP contribution is 2.27. The fourth-order valence-corrected chi connectivity index (χ4v) is 4.31. The molecule has 2 unspecified atom stereocenters. The van der Waals surface area contributed by atoms with Gasteiger partial charge in [0.05, 0.1) is 16.1 Å². The van der Waals surface area contributed by atoms with Crippen LogP contribution in [0.4, 0.5) is 0 Å². The molecule has 0 saturated heterocycles. The summed E-state index contributed by atoms with van der Waals surface area (Å²) < 4.78 is 0. The molecule has 0 heterocycles. The predicted octanol–water partition coefficient (Wildman–Crippen LogP) is 3.44. The summed E-state index contributed by atoms with van der Waals surface area (Å²) in [5.74, 6) is 0. The topological polar surface area (TPSA) is 52.0 Å². The zero-order valence-corrected chi connectivity index (χ0v) is 14.6. The molecule has 0 saturated carbocycles. The fourth-order valence-electron chi connectivity index (χ4n) is 1.95. The zero-order chi connectivity index (χ0) is 14.1. The van der Waals surface area contributed by atoms with E-state index < -0.39 is 16.1 Å². The Bertz CT molecular complexity index is 370. The largest absolute Gasteiger partial charge is 0.326 e. The molecule has 2 nitrogen and oxygen atoms in total. The third kappa shape index (κ3) is 3.78. The van der Waals surface area contributed by atoms with E-state index in [4.69, 9.17) is 11.5 Å². The normalized spacial score (nSPS) is 16.4. The summed E-state index contributed by atoms with van der Waals surface area (Å²) in [5, 5.41) is 0. The molecule has 1 rings (SSSR count). The average molecular weight is 281 g/mol. The summed E-state index contributed by atoms with van der Waals surface area (Å²) >= 11 is 0. The molecule has 0 aliphatic carbocycles. The number of nitrogens with two attached hydrogens (primary N) is 2. The number of rotatable bonds is 4. The number of hydrogen-bond donors (Lipinski definition) is 2. The first-order chi connectivity index (χ1) is 8.03. The second kappa shape index (κ2) is 5.29. The summed E-state index contributed by atoms with van der Waals surface area (Å²) in [6.45, 7) is 13.8. The first-order valence-corrected chi connectivity index (χ1v) is 13.8. The van der Waals surface area contributed by atoms with Gasteiger partial charge < -0.3 is 11.5 Å². The van der Waals surface area contributed by atoms with Crippen molar-refractivity contribution >= 4 is 16.1 Å². The van der Waals surface area contributed by atoms with E-state index >= 15 is 0 Å². The highest BCUT2D eigenvalue weighted by molar-refractivity contribution is 6.77. The maximum atomic E-state index is 6.38. The Morgan fingerprint density at radius 3 is 1.39 bits per heavy atom. The van der Waals surface area contributed by atoms with Gasteiger partial charge >= 0.3 is 0 Å². The number of benzene rings is 1. The van der Waals surface area contributed by atoms with Crippen LogP contribution in [0.25, 0.3) is 0 Å². The van der Waals surface area contributed by atoms with Crippen LogP contribution in [-0.2, 0) is 0 Å². The van der Waals surface area contributed by atoms with Gasteiger partial charge in [-0.3, -0.25) is 0 Å². The third-order valence-electron chi connectivity index (χ3n) is 3.49. The molecule has 18 heavy (non-hydrogen) atoms. The zero-order valence-electron chi connectivity index (χ0n) is 12.6. The van der Waals surface area contributed by atoms with E-state index in [0.717, 1.165) is 0 Å². The van der Waals surface area contributed by atoms with Crippen LogP contribution in [0.3, 0.4) is 0 Å². The molecule has 1 aromatic carbocycles. The molecule has 0 bridgehead atoms. The predicted molar refractivity (Wildman–Crippen MR) is 87.0 cm³/mol. The van der Waals surface area contributed by atoms with Gasteiger partial charge in [-0.15, -0.1) is 0 Å². The van der Waals surface area contributed by atoms with E-state index in [1.807, 2.05) is 0 Å². The molecule has 1 aromatic rings. The van der Waals surface area contributed by atoms with E-state index in [9.17, 15) is 0 Å². The first kappa shape index (κ1) is 15.6. The second-order valence-electron chi connectivity index (χ2n) is 7.36. The second-order valence-corrected chi connectivity index (χ2v) is 18.1. The molecule has 4 N–H and O–H groups in total. The summed E-state index contributed by atoms with van der Waals surface area (Å²) in [4.78, 5) is 0. The standard InChI is InChI=1S/C14H28N2Si2/c1-17(2,3)13(15)11-8-7-9-12(10-11)14(16)18(4,5)6/h7-10,13-14H,15-16H2,1-6H3. The van der Waals surface area contributed by atoms with Crippen molar-refractivity contribution in [3.8, 4) is 0 Å². The van der Waals surface area contributed by atoms with E-state index in [2.05, 4.69) is 63.5 Å². The molecular weight excluding hydrogens is 252 g/mol. The van der Waals surface area contributed by atoms with Crippen LogP contribution in [-0.4, -0.2) is 16.1 Å². The molecule has 0 aromatic heterocycles. The van der Waals surface area contributed by atoms with Gasteiger partial charge in [0.2, 0.25) is 0 Å². The van der Waals surface area contributed by atoms with Crippen molar-refractivity contribution in [1.82, 2.24) is 0 Å². The van der Waals surface area contributed by atoms with Crippen LogP contribution in [0.2, 0.25) is 39.3 Å². The van der Waals surface area contributed by atoms with Crippen molar-refractivity contribution in [2.45, 2.75) is 50.6 Å². The minimum atomic E-state index is -1.36. The monoisotopic (exact) mass is 280 g/mol. The molecule has 4 heteroatoms. The molecule has 0 spiro atoms. The minimum absolute atomic E-state index is 0.186. The van der Waals surface area contributed by atoms with E-state index in [1.54, 1.807) is 0 Å². The van der Waals surface area contributed by atoms with Crippen LogP contribution >= 0.6 is 0 Å². The Morgan fingerprint density at radius 1 is 0.778 bits per heavy atom. The van der Waals surface area contributed by atoms with Crippen LogP contribution in [0.15, 0.2) is 24.3 Å². The summed E-state index contributed by atoms with van der Waals surface area (Å²) in [6.07, 6.45) is 0. The molecule has 0 aliphatic rings. The fraction of sp³-hybridized carbons (Fsp3) is 0.571. The van der Waals surface area contributed by atoms with Gasteiger partial charge in [-0.05, 0) is 11.1 Å². The van der Waals surface area contributed by atoms with Crippen LogP contribution in [0.1, 0.15) is 22.5 Å². The van der Waals surface area contributed by atoms with Gasteiger partial charge in [0.1, 0.15) is 0 Å². The summed E-state index contributed by atoms with van der Waals surface area (Å²) in [7, 11) is -2.71. The lowest BCUT2D eigenvalue weighted by atomic mass is 10.1. The Morgan fingerprint density at radius 2 is 1.11 bits per heavy atom. The molecule has 0 aliphatic heterocycles. The van der Waals surface area contributed by atoms with Crippen molar-refractivity contribution in [2.75, 3.05) is 0 Å². The molecule has 0 fully saturated rings. The van der Waals surface area contributed by atoms with E-state index in [1.165, 1.54) is 11.1 Å². The van der Waals surface area contributed by atoms with Crippen molar-refractivity contribution in [2.24, 2.45) is 11.5 Å². The molecule has 2 atom stereocenters. The van der Waals surface area contributed by atoms with Gasteiger partial charge in [0, 0.05) is 11.3 Å². The highest BCUT2D eigenvalue weighted by Gasteiger charge is 2.27. The minimum Gasteiger partial charge on any atom is -0.326 e. The first-order valence-electron chi connectivity index (χ1n) is 6.64. The van der Waals surface area contributed by atoms with Gasteiger partial charge in [-0.1, -0.05) is 63.5 Å². The molecule has 0 amide bonds. The molecule has 102 valence electrons. The Hall–Kier alpha value is -0.426. The van der Waals surface area contributed by atoms with Gasteiger partial charge in [0.15, 0.2) is 0 Å². The Balaban J connectivity index is 3.07. The highest BCUT2D eigenvalue weighted by atomic mass is 28.3. The smallest absolute Gasteiger partial charge is 0.0688 e. The maximum Gasteiger partial charge on any atom is 0.0688 e. The number of hydrogen-bond acceptors (Lipinski definition) is 2. The van der Waals surface area contributed by atoms with Crippen molar-refractivity contribution in [3.63, 3.8) is 0 Å². The van der Waals surface area contributed by atoms with E-state index in [-0.39, 0.29) is 11.3 Å². The Labute approximate surface area is 114 Å². The van der Waals surface area contributed by atoms with Crippen molar-refractivity contribution < 1.29 is 0 Å². The summed E-state index contributed by atoms with van der Waals surface area (Å²) in [5.41, 5.74) is 15.6. The summed E-state index contributed by atoms with van der Waals surface area (Å²) in [6, 6.07) is 8.61. The lowest BCUT2D eigenvalue weighted by Crippen LogP contribution is -2.38. The van der Waals surface area contributed by atoms with Crippen LogP contribution in [0, 0.1) is 0 Å². The van der Waals surface area contributed by atoms with Crippen LogP contribution < -0.4 is 11.5 Å². The lowest BCUT2D eigenvalue weighted by molar-refractivity contribution is 0.923. The molecular formula is C14H28N2Si2.